The molecule has 7 heavy (non-hydrogen) atoms. The Bertz CT molecular complexity index is 125. The minimum atomic E-state index is -1.10. The number of hydrogen-bond donors (Lipinski definition) is 0. The smallest absolute Gasteiger partial charge is 0.293 e. The molecule has 0 spiro atoms. The van der Waals surface area contributed by atoms with E-state index in [1.807, 2.05) is 0 Å². The largest absolute Gasteiger partial charge is 0.361 e. The molecule has 0 aliphatic rings. The summed E-state index contributed by atoms with van der Waals surface area (Å²) in [6.07, 6.45) is 0.312. The van der Waals surface area contributed by atoms with Crippen LogP contribution < -0.4 is 0 Å². The highest BCUT2D eigenvalue weighted by Crippen LogP contribution is 1.77. The van der Waals surface area contributed by atoms with Gasteiger partial charge in [-0.1, -0.05) is 0 Å². The van der Waals surface area contributed by atoms with Crippen molar-refractivity contribution in [2.75, 3.05) is 0 Å². The van der Waals surface area contributed by atoms with Crippen molar-refractivity contribution in [2.24, 2.45) is 0 Å². The molecule has 3 heteroatoms. The second-order valence-corrected chi connectivity index (χ2v) is 0.839. The Kier molecular flexibility index (Phi) is 2.31. The molecule has 0 aromatic heterocycles. The molecule has 1 unspecified atom stereocenters. The van der Waals surface area contributed by atoms with E-state index in [0.717, 1.165) is 0 Å². The van der Waals surface area contributed by atoms with Crippen molar-refractivity contribution in [3.8, 4) is 6.07 Å². The number of hydrogen-bond acceptors (Lipinski definition) is 2. The first-order valence-corrected chi connectivity index (χ1v) is 1.56. The number of aldehydes is 1. The molecule has 0 heterocycles. The van der Waals surface area contributed by atoms with E-state index in [0.29, 0.717) is 6.29 Å². The van der Waals surface area contributed by atoms with Crippen LogP contribution in [0.1, 0.15) is 0 Å². The monoisotopic (exact) mass is 94.0 g/mol. The maximum absolute atomic E-state index is 9.53. The number of nitriles is 1. The fraction of sp³-hybridized carbons (Fsp3) is 0.250. The summed E-state index contributed by atoms with van der Waals surface area (Å²) in [5.41, 5.74) is 0. The molecule has 0 saturated carbocycles. The summed E-state index contributed by atoms with van der Waals surface area (Å²) in [4.78, 5) is 12.2. The second-order valence-electron chi connectivity index (χ2n) is 0.839. The highest BCUT2D eigenvalue weighted by molar-refractivity contribution is 5.64. The molecule has 0 N–H and O–H groups in total. The zero-order valence-electron chi connectivity index (χ0n) is 3.46. The molecule has 34 valence electrons. The Balaban J connectivity index is 3.73. The summed E-state index contributed by atoms with van der Waals surface area (Å²) < 4.78 is 0. The lowest BCUT2D eigenvalue weighted by Gasteiger charge is -1.71. The molecule has 0 amide bonds. The lowest BCUT2D eigenvalue weighted by atomic mass is 10.4. The fourth-order valence-electron chi connectivity index (χ4n) is 0.0897. The summed E-state index contributed by atoms with van der Waals surface area (Å²) in [5.74, 6) is 0. The van der Waals surface area contributed by atoms with Crippen LogP contribution in [0, 0.1) is 17.9 Å². The van der Waals surface area contributed by atoms with Crippen LogP contribution in [-0.4, -0.2) is 12.3 Å². The minimum Gasteiger partial charge on any atom is -0.293 e. The lowest BCUT2D eigenvalue weighted by Crippen LogP contribution is -1.96. The van der Waals surface area contributed by atoms with E-state index in [1.165, 1.54) is 6.07 Å². The molecule has 0 bridgehead atoms. The van der Waals surface area contributed by atoms with Gasteiger partial charge in [0.2, 0.25) is 6.29 Å². The van der Waals surface area contributed by atoms with Crippen molar-refractivity contribution in [1.29, 1.82) is 5.26 Å². The van der Waals surface area contributed by atoms with Gasteiger partial charge in [0.05, 0.1) is 0 Å². The topological polar surface area (TPSA) is 45.2 Å². The third kappa shape index (κ3) is 1.51. The summed E-state index contributed by atoms with van der Waals surface area (Å²) in [5, 5.41) is 7.83. The lowest BCUT2D eigenvalue weighted by molar-refractivity contribution is -0.107. The first-order valence-electron chi connectivity index (χ1n) is 1.56. The van der Waals surface area contributed by atoms with Crippen molar-refractivity contribution < 1.29 is 4.79 Å². The first-order chi connectivity index (χ1) is 3.35. The van der Waals surface area contributed by atoms with Gasteiger partial charge >= 0.3 is 6.04 Å². The van der Waals surface area contributed by atoms with E-state index >= 15 is 0 Å². The van der Waals surface area contributed by atoms with Gasteiger partial charge in [0.25, 0.3) is 0 Å². The van der Waals surface area contributed by atoms with E-state index in [1.54, 1.807) is 0 Å². The number of rotatable bonds is 1. The molecular formula is C4H2N2O. The van der Waals surface area contributed by atoms with Crippen LogP contribution in [0.15, 0.2) is 0 Å². The zero-order valence-corrected chi connectivity index (χ0v) is 3.46. The van der Waals surface area contributed by atoms with Crippen LogP contribution in [0.4, 0.5) is 0 Å². The molecule has 0 radical (unpaired) electrons. The highest BCUT2D eigenvalue weighted by atomic mass is 16.1. The van der Waals surface area contributed by atoms with Crippen molar-refractivity contribution >= 4 is 6.29 Å². The van der Waals surface area contributed by atoms with Crippen LogP contribution >= 0.6 is 0 Å². The van der Waals surface area contributed by atoms with E-state index in [-0.39, 0.29) is 0 Å². The summed E-state index contributed by atoms with van der Waals surface area (Å²) >= 11 is 0. The summed E-state index contributed by atoms with van der Waals surface area (Å²) in [6.45, 7) is 6.13. The third-order valence-electron chi connectivity index (χ3n) is 0.400. The van der Waals surface area contributed by atoms with Gasteiger partial charge in [0.1, 0.15) is 0 Å². The maximum atomic E-state index is 9.53. The zero-order chi connectivity index (χ0) is 5.70. The molecule has 0 fully saturated rings. The average Bonchev–Trinajstić information content (AvgIpc) is 1.72. The predicted molar refractivity (Wildman–Crippen MR) is 22.1 cm³/mol. The molecule has 3 nitrogen and oxygen atoms in total. The normalized spacial score (nSPS) is 10.6. The molecule has 0 aliphatic heterocycles. The van der Waals surface area contributed by atoms with Crippen LogP contribution in [0.2, 0.25) is 0 Å². The van der Waals surface area contributed by atoms with E-state index in [4.69, 9.17) is 11.8 Å². The van der Waals surface area contributed by atoms with Crippen LogP contribution in [0.5, 0.6) is 0 Å². The number of nitrogens with zero attached hydrogens (tertiary/aromatic N) is 2. The summed E-state index contributed by atoms with van der Waals surface area (Å²) in [7, 11) is 0. The van der Waals surface area contributed by atoms with Crippen molar-refractivity contribution in [3.05, 3.63) is 11.4 Å². The minimum absolute atomic E-state index is 0.312. The van der Waals surface area contributed by atoms with Gasteiger partial charge in [-0.2, -0.15) is 5.26 Å². The molecule has 0 saturated heterocycles. The van der Waals surface area contributed by atoms with Crippen LogP contribution in [0.3, 0.4) is 0 Å². The van der Waals surface area contributed by atoms with E-state index in [9.17, 15) is 4.79 Å². The van der Waals surface area contributed by atoms with Crippen LogP contribution in [0.25, 0.3) is 4.85 Å². The Hall–Kier alpha value is -1.35. The van der Waals surface area contributed by atoms with Crippen molar-refractivity contribution in [3.63, 3.8) is 0 Å². The fourth-order valence-corrected chi connectivity index (χ4v) is 0.0897. The molecule has 0 aromatic rings. The van der Waals surface area contributed by atoms with Crippen molar-refractivity contribution in [1.82, 2.24) is 0 Å². The van der Waals surface area contributed by atoms with Gasteiger partial charge in [0, 0.05) is 0 Å². The molecule has 1 atom stereocenters. The predicted octanol–water partition coefficient (Wildman–Crippen LogP) is -0.00323. The van der Waals surface area contributed by atoms with Gasteiger partial charge in [-0.25, -0.2) is 6.57 Å². The average molecular weight is 94.1 g/mol. The molecule has 0 aromatic carbocycles. The Morgan fingerprint density at radius 1 is 2.00 bits per heavy atom. The Labute approximate surface area is 41.0 Å². The molecular weight excluding hydrogens is 92.1 g/mol. The highest BCUT2D eigenvalue weighted by Gasteiger charge is 2.03. The maximum Gasteiger partial charge on any atom is 0.361 e. The Morgan fingerprint density at radius 3 is 2.57 bits per heavy atom. The van der Waals surface area contributed by atoms with Gasteiger partial charge in [-0.05, 0) is 0 Å². The van der Waals surface area contributed by atoms with Gasteiger partial charge in [0.15, 0.2) is 6.07 Å². The van der Waals surface area contributed by atoms with Gasteiger partial charge in [-0.15, -0.1) is 0 Å². The Morgan fingerprint density at radius 2 is 2.57 bits per heavy atom. The third-order valence-corrected chi connectivity index (χ3v) is 0.400. The number of carbonyl (C=O) groups is 1. The van der Waals surface area contributed by atoms with Crippen LogP contribution in [-0.2, 0) is 4.79 Å². The first kappa shape index (κ1) is 5.65. The van der Waals surface area contributed by atoms with Gasteiger partial charge < -0.3 is 0 Å². The second kappa shape index (κ2) is 2.87. The van der Waals surface area contributed by atoms with Gasteiger partial charge in [-0.3, -0.25) is 9.64 Å². The molecule has 0 rings (SSSR count). The number of carbonyl (C=O) groups excluding carboxylic acids is 1. The van der Waals surface area contributed by atoms with Crippen molar-refractivity contribution in [2.45, 2.75) is 6.04 Å². The molecule has 0 aliphatic carbocycles. The standard InChI is InChI=1S/C4H2N2O/c1-6-4(2-5)3-7/h3-4H. The summed E-state index contributed by atoms with van der Waals surface area (Å²) in [6, 6.07) is 0.382. The van der Waals surface area contributed by atoms with E-state index < -0.39 is 6.04 Å². The quantitative estimate of drug-likeness (QED) is 0.339. The van der Waals surface area contributed by atoms with E-state index in [2.05, 4.69) is 4.85 Å². The SMILES string of the molecule is [C-]#[N+]C(C#N)C=O.